The third-order valence-corrected chi connectivity index (χ3v) is 2.69. The van der Waals surface area contributed by atoms with Gasteiger partial charge in [0.15, 0.2) is 5.92 Å². The Labute approximate surface area is 179 Å². The molecule has 2 N–H and O–H groups in total. The first-order valence-electron chi connectivity index (χ1n) is 8.47. The van der Waals surface area contributed by atoms with E-state index in [1.165, 1.54) is 26.7 Å². The largest absolute Gasteiger partial charge is 2.00 e. The van der Waals surface area contributed by atoms with Crippen LogP contribution in [0.5, 0.6) is 0 Å². The molecule has 4 radical (unpaired) electrons. The van der Waals surface area contributed by atoms with E-state index in [1.807, 2.05) is 0 Å². The molecule has 0 rings (SSSR count). The van der Waals surface area contributed by atoms with Crippen LogP contribution in [0.3, 0.4) is 0 Å². The van der Waals surface area contributed by atoms with Gasteiger partial charge in [-0.05, 0) is 12.8 Å². The standard InChI is InChI=1S/2C5H8O4.2C4H9.Sn/c2*1-2-3(4(6)7)5(8)9;2*1-3-4-2;/h2*3H,2H2,1H3,(H,6,7)(H,8,9);2*1,3-4H2,2H3;/q;;;;+2/p-2. The Bertz CT molecular complexity index is 318. The summed E-state index contributed by atoms with van der Waals surface area (Å²) in [5.41, 5.74) is 0. The molecule has 0 unspecified atom stereocenters. The van der Waals surface area contributed by atoms with Crippen molar-refractivity contribution in [3.63, 3.8) is 0 Å². The van der Waals surface area contributed by atoms with E-state index in [-0.39, 0.29) is 36.7 Å². The fraction of sp³-hybridized carbons (Fsp3) is 0.667. The zero-order valence-corrected chi connectivity index (χ0v) is 19.5. The molecule has 0 aromatic carbocycles. The van der Waals surface area contributed by atoms with Crippen LogP contribution in [0.15, 0.2) is 0 Å². The molecule has 156 valence electrons. The summed E-state index contributed by atoms with van der Waals surface area (Å²) in [5, 5.41) is 36.0. The van der Waals surface area contributed by atoms with Crippen molar-refractivity contribution in [1.29, 1.82) is 0 Å². The smallest absolute Gasteiger partial charge is 0.549 e. The number of carboxylic acid groups (broad SMARTS) is 4. The summed E-state index contributed by atoms with van der Waals surface area (Å²) in [5.74, 6) is -8.43. The van der Waals surface area contributed by atoms with Crippen LogP contribution in [0.4, 0.5) is 0 Å². The monoisotopic (exact) mass is 496 g/mol. The first kappa shape index (κ1) is 36.6. The maximum Gasteiger partial charge on any atom is 2.00 e. The van der Waals surface area contributed by atoms with Crippen LogP contribution in [0.1, 0.15) is 66.2 Å². The number of carbonyl (C=O) groups is 4. The van der Waals surface area contributed by atoms with Gasteiger partial charge in [-0.15, -0.1) is 0 Å². The molecule has 0 aromatic heterocycles. The Hall–Kier alpha value is -1.32. The summed E-state index contributed by atoms with van der Waals surface area (Å²) in [6, 6.07) is 0. The van der Waals surface area contributed by atoms with Crippen molar-refractivity contribution in [1.82, 2.24) is 0 Å². The fourth-order valence-corrected chi connectivity index (χ4v) is 0.884. The molecule has 0 heterocycles. The number of carboxylic acids is 4. The maximum absolute atomic E-state index is 9.99. The molecule has 0 saturated heterocycles. The van der Waals surface area contributed by atoms with Crippen LogP contribution >= 0.6 is 0 Å². The van der Waals surface area contributed by atoms with Crippen LogP contribution in [-0.2, 0) is 19.2 Å². The number of aliphatic carboxylic acids is 4. The van der Waals surface area contributed by atoms with E-state index in [2.05, 4.69) is 27.7 Å². The minimum Gasteiger partial charge on any atom is -0.549 e. The SMILES string of the molecule is CCC(C(=O)O)C(=O)O.CCC(C(=O)[O-])C(=O)[O-].[CH2]CCC.[CH2]CCC.[Sn+2]. The molecule has 0 aliphatic heterocycles. The van der Waals surface area contributed by atoms with Crippen LogP contribution in [0, 0.1) is 25.7 Å². The van der Waals surface area contributed by atoms with E-state index in [4.69, 9.17) is 10.2 Å². The Morgan fingerprint density at radius 1 is 0.741 bits per heavy atom. The summed E-state index contributed by atoms with van der Waals surface area (Å²) >= 11 is 0. The van der Waals surface area contributed by atoms with Crippen LogP contribution in [0.2, 0.25) is 0 Å². The van der Waals surface area contributed by atoms with Gasteiger partial charge in [0.25, 0.3) is 0 Å². The molecule has 0 aliphatic carbocycles. The molecule has 27 heavy (non-hydrogen) atoms. The molecule has 9 heteroatoms. The molecule has 0 fully saturated rings. The number of rotatable bonds is 8. The first-order valence-corrected chi connectivity index (χ1v) is 8.47. The molecule has 0 bridgehead atoms. The second-order valence-electron chi connectivity index (χ2n) is 4.94. The normalized spacial score (nSPS) is 8.59. The van der Waals surface area contributed by atoms with E-state index in [1.54, 1.807) is 0 Å². The predicted octanol–water partition coefficient (Wildman–Crippen LogP) is 0.555. The van der Waals surface area contributed by atoms with Gasteiger partial charge in [0.05, 0.1) is 11.9 Å². The molecule has 8 nitrogen and oxygen atoms in total. The maximum atomic E-state index is 9.99. The molecular formula is C18H32O8Sn. The molecule has 0 amide bonds. The molecule has 0 saturated carbocycles. The molecular weight excluding hydrogens is 463 g/mol. The van der Waals surface area contributed by atoms with Crippen molar-refractivity contribution in [2.75, 3.05) is 0 Å². The molecule has 0 atom stereocenters. The predicted molar refractivity (Wildman–Crippen MR) is 99.1 cm³/mol. The molecule has 0 aliphatic rings. The van der Waals surface area contributed by atoms with Gasteiger partial charge in [-0.1, -0.05) is 67.2 Å². The van der Waals surface area contributed by atoms with E-state index < -0.39 is 35.7 Å². The fourth-order valence-electron chi connectivity index (χ4n) is 0.884. The van der Waals surface area contributed by atoms with Crippen LogP contribution in [0.25, 0.3) is 0 Å². The molecule has 0 spiro atoms. The van der Waals surface area contributed by atoms with Crippen molar-refractivity contribution >= 4 is 47.8 Å². The van der Waals surface area contributed by atoms with Gasteiger partial charge in [-0.3, -0.25) is 9.59 Å². The Balaban J connectivity index is -0.0000000843. The third-order valence-electron chi connectivity index (χ3n) is 2.69. The quantitative estimate of drug-likeness (QED) is 0.366. The minimum absolute atomic E-state index is 0. The van der Waals surface area contributed by atoms with Gasteiger partial charge in [-0.25, -0.2) is 0 Å². The number of carbonyl (C=O) groups excluding carboxylic acids is 2. The number of hydrogen-bond acceptors (Lipinski definition) is 6. The Morgan fingerprint density at radius 2 is 0.963 bits per heavy atom. The summed E-state index contributed by atoms with van der Waals surface area (Å²) in [6.07, 6.45) is 4.69. The summed E-state index contributed by atoms with van der Waals surface area (Å²) < 4.78 is 0. The van der Waals surface area contributed by atoms with E-state index in [9.17, 15) is 29.4 Å². The van der Waals surface area contributed by atoms with E-state index in [0.29, 0.717) is 0 Å². The van der Waals surface area contributed by atoms with Gasteiger partial charge in [0, 0.05) is 5.92 Å². The van der Waals surface area contributed by atoms with Gasteiger partial charge >= 0.3 is 35.8 Å². The third kappa shape index (κ3) is 29.7. The first-order chi connectivity index (χ1) is 12.0. The number of hydrogen-bond donors (Lipinski definition) is 2. The van der Waals surface area contributed by atoms with Crippen molar-refractivity contribution < 1.29 is 39.6 Å². The summed E-state index contributed by atoms with van der Waals surface area (Å²) in [6.45, 7) is 14.4. The van der Waals surface area contributed by atoms with Gasteiger partial charge < -0.3 is 30.0 Å². The molecule has 0 aromatic rings. The average molecular weight is 495 g/mol. The second kappa shape index (κ2) is 26.9. The van der Waals surface area contributed by atoms with Gasteiger partial charge in [0.1, 0.15) is 0 Å². The van der Waals surface area contributed by atoms with Crippen LogP contribution < -0.4 is 10.2 Å². The Kier molecular flexibility index (Phi) is 36.4. The summed E-state index contributed by atoms with van der Waals surface area (Å²) in [4.78, 5) is 39.7. The Morgan fingerprint density at radius 3 is 0.963 bits per heavy atom. The van der Waals surface area contributed by atoms with Crippen molar-refractivity contribution in [2.24, 2.45) is 11.8 Å². The zero-order valence-electron chi connectivity index (χ0n) is 16.7. The minimum atomic E-state index is -1.59. The zero-order chi connectivity index (χ0) is 21.7. The van der Waals surface area contributed by atoms with Crippen molar-refractivity contribution in [3.8, 4) is 0 Å². The van der Waals surface area contributed by atoms with E-state index >= 15 is 0 Å². The average Bonchev–Trinajstić information content (AvgIpc) is 2.55. The topological polar surface area (TPSA) is 155 Å². The van der Waals surface area contributed by atoms with Crippen molar-refractivity contribution in [2.45, 2.75) is 66.2 Å². The summed E-state index contributed by atoms with van der Waals surface area (Å²) in [7, 11) is 0. The van der Waals surface area contributed by atoms with E-state index in [0.717, 1.165) is 12.8 Å². The van der Waals surface area contributed by atoms with Gasteiger partial charge in [0.2, 0.25) is 0 Å². The van der Waals surface area contributed by atoms with Crippen molar-refractivity contribution in [3.05, 3.63) is 13.8 Å². The van der Waals surface area contributed by atoms with Crippen LogP contribution in [-0.4, -0.2) is 58.0 Å². The van der Waals surface area contributed by atoms with Gasteiger partial charge in [-0.2, -0.15) is 0 Å². The second-order valence-corrected chi connectivity index (χ2v) is 4.94. The number of unbranched alkanes of at least 4 members (excludes halogenated alkanes) is 2.